The molecule has 0 bridgehead atoms. The number of nitrogens with one attached hydrogen (secondary N) is 1. The van der Waals surface area contributed by atoms with Gasteiger partial charge in [0.15, 0.2) is 0 Å². The normalized spacial score (nSPS) is 15.2. The smallest absolute Gasteiger partial charge is 0.251 e. The zero-order valence-corrected chi connectivity index (χ0v) is 19.7. The predicted molar refractivity (Wildman–Crippen MR) is 135 cm³/mol. The highest BCUT2D eigenvalue weighted by Crippen LogP contribution is 2.27. The minimum absolute atomic E-state index is 0.000742. The number of unbranched alkanes of at least 4 members (excludes halogenated alkanes) is 1. The molecule has 1 aliphatic rings. The summed E-state index contributed by atoms with van der Waals surface area (Å²) in [6.45, 7) is 1.75. The number of carbonyl (C=O) groups is 1. The van der Waals surface area contributed by atoms with Gasteiger partial charge in [0.05, 0.1) is 7.11 Å². The van der Waals surface area contributed by atoms with Crippen LogP contribution < -0.4 is 10.1 Å². The summed E-state index contributed by atoms with van der Waals surface area (Å²) >= 11 is 0. The third kappa shape index (κ3) is 6.02. The maximum absolute atomic E-state index is 12.5. The number of rotatable bonds is 9. The van der Waals surface area contributed by atoms with E-state index in [0.717, 1.165) is 49.1 Å². The van der Waals surface area contributed by atoms with E-state index in [0.29, 0.717) is 18.2 Å². The van der Waals surface area contributed by atoms with Crippen molar-refractivity contribution >= 4 is 5.91 Å². The van der Waals surface area contributed by atoms with Crippen LogP contribution in [0.3, 0.4) is 0 Å². The van der Waals surface area contributed by atoms with Crippen molar-refractivity contribution in [1.82, 2.24) is 10.2 Å². The minimum atomic E-state index is 0.000742. The summed E-state index contributed by atoms with van der Waals surface area (Å²) in [5.41, 5.74) is 5.87. The van der Waals surface area contributed by atoms with Crippen LogP contribution in [0.25, 0.3) is 11.1 Å². The van der Waals surface area contributed by atoms with Crippen LogP contribution in [-0.2, 0) is 12.8 Å². The van der Waals surface area contributed by atoms with E-state index in [9.17, 15) is 4.79 Å². The van der Waals surface area contributed by atoms with Crippen LogP contribution in [0, 0.1) is 0 Å². The SMILES string of the molecule is COc1ccc2c(c1)C[C@H](N(C)CCCCNC(=O)c1ccc(-c3ccccc3)cc1)CC2. The summed E-state index contributed by atoms with van der Waals surface area (Å²) in [5, 5.41) is 3.07. The van der Waals surface area contributed by atoms with Gasteiger partial charge in [-0.25, -0.2) is 0 Å². The maximum atomic E-state index is 12.5. The Morgan fingerprint density at radius 1 is 0.970 bits per heavy atom. The molecule has 0 unspecified atom stereocenters. The van der Waals surface area contributed by atoms with Gasteiger partial charge >= 0.3 is 0 Å². The van der Waals surface area contributed by atoms with Crippen molar-refractivity contribution in [2.45, 2.75) is 38.1 Å². The Labute approximate surface area is 197 Å². The van der Waals surface area contributed by atoms with Gasteiger partial charge in [-0.15, -0.1) is 0 Å². The van der Waals surface area contributed by atoms with E-state index in [1.807, 2.05) is 42.5 Å². The van der Waals surface area contributed by atoms with Gasteiger partial charge in [0.25, 0.3) is 5.91 Å². The average molecular weight is 443 g/mol. The second kappa shape index (κ2) is 11.2. The van der Waals surface area contributed by atoms with Gasteiger partial charge in [-0.3, -0.25) is 4.79 Å². The number of fused-ring (bicyclic) bond motifs is 1. The highest BCUT2D eigenvalue weighted by Gasteiger charge is 2.22. The average Bonchev–Trinajstić information content (AvgIpc) is 2.88. The monoisotopic (exact) mass is 442 g/mol. The van der Waals surface area contributed by atoms with Crippen molar-refractivity contribution < 1.29 is 9.53 Å². The summed E-state index contributed by atoms with van der Waals surface area (Å²) in [6, 6.07) is 25.1. The summed E-state index contributed by atoms with van der Waals surface area (Å²) < 4.78 is 5.40. The highest BCUT2D eigenvalue weighted by molar-refractivity contribution is 5.94. The fourth-order valence-corrected chi connectivity index (χ4v) is 4.63. The van der Waals surface area contributed by atoms with E-state index >= 15 is 0 Å². The number of ether oxygens (including phenoxy) is 1. The van der Waals surface area contributed by atoms with Gasteiger partial charge < -0.3 is 15.0 Å². The number of aryl methyl sites for hydroxylation is 1. The lowest BCUT2D eigenvalue weighted by Gasteiger charge is -2.32. The number of methoxy groups -OCH3 is 1. The Morgan fingerprint density at radius 3 is 2.48 bits per heavy atom. The number of hydrogen-bond acceptors (Lipinski definition) is 3. The van der Waals surface area contributed by atoms with Crippen molar-refractivity contribution in [1.29, 1.82) is 0 Å². The van der Waals surface area contributed by atoms with Gasteiger partial charge in [-0.1, -0.05) is 48.5 Å². The van der Waals surface area contributed by atoms with E-state index in [2.05, 4.69) is 47.6 Å². The topological polar surface area (TPSA) is 41.6 Å². The molecule has 0 radical (unpaired) electrons. The van der Waals surface area contributed by atoms with Crippen LogP contribution >= 0.6 is 0 Å². The second-order valence-electron chi connectivity index (χ2n) is 8.92. The molecule has 0 heterocycles. The molecular formula is C29H34N2O2. The molecule has 0 aliphatic heterocycles. The van der Waals surface area contributed by atoms with Crippen LogP contribution in [0.15, 0.2) is 72.8 Å². The van der Waals surface area contributed by atoms with Gasteiger partial charge in [0.1, 0.15) is 5.75 Å². The van der Waals surface area contributed by atoms with Gasteiger partial charge in [0.2, 0.25) is 0 Å². The fourth-order valence-electron chi connectivity index (χ4n) is 4.63. The fraction of sp³-hybridized carbons (Fsp3) is 0.345. The standard InChI is InChI=1S/C29H34N2O2/c1-31(27-16-14-24-15-17-28(33-2)21-26(24)20-27)19-7-6-18-30-29(32)25-12-10-23(11-13-25)22-8-4-3-5-9-22/h3-5,8-13,15,17,21,27H,6-7,14,16,18-20H2,1-2H3,(H,30,32)/t27-/m1/s1. The first-order valence-corrected chi connectivity index (χ1v) is 11.9. The zero-order valence-electron chi connectivity index (χ0n) is 19.7. The Balaban J connectivity index is 1.18. The number of carbonyl (C=O) groups excluding carboxylic acids is 1. The Morgan fingerprint density at radius 2 is 1.73 bits per heavy atom. The number of benzene rings is 3. The van der Waals surface area contributed by atoms with Gasteiger partial charge in [-0.05, 0) is 92.2 Å². The molecule has 1 aliphatic carbocycles. The molecule has 33 heavy (non-hydrogen) atoms. The quantitative estimate of drug-likeness (QED) is 0.454. The van der Waals surface area contributed by atoms with Crippen LogP contribution in [0.5, 0.6) is 5.75 Å². The molecule has 1 N–H and O–H groups in total. The van der Waals surface area contributed by atoms with Crippen molar-refractivity contribution in [2.24, 2.45) is 0 Å². The van der Waals surface area contributed by atoms with Crippen LogP contribution in [0.2, 0.25) is 0 Å². The van der Waals surface area contributed by atoms with Crippen molar-refractivity contribution in [3.63, 3.8) is 0 Å². The number of likely N-dealkylation sites (N-methyl/N-ethyl adjacent to an activating group) is 1. The minimum Gasteiger partial charge on any atom is -0.497 e. The van der Waals surface area contributed by atoms with Gasteiger partial charge in [-0.2, -0.15) is 0 Å². The number of hydrogen-bond donors (Lipinski definition) is 1. The lowest BCUT2D eigenvalue weighted by atomic mass is 9.87. The van der Waals surface area contributed by atoms with E-state index in [-0.39, 0.29) is 5.91 Å². The highest BCUT2D eigenvalue weighted by atomic mass is 16.5. The lowest BCUT2D eigenvalue weighted by molar-refractivity contribution is 0.0952. The maximum Gasteiger partial charge on any atom is 0.251 e. The molecule has 0 saturated heterocycles. The van der Waals surface area contributed by atoms with E-state index in [4.69, 9.17) is 4.74 Å². The Bertz CT molecular complexity index is 1050. The van der Waals surface area contributed by atoms with E-state index < -0.39 is 0 Å². The first-order valence-electron chi connectivity index (χ1n) is 11.9. The number of nitrogens with zero attached hydrogens (tertiary/aromatic N) is 1. The Kier molecular flexibility index (Phi) is 7.79. The molecule has 0 saturated carbocycles. The molecule has 0 spiro atoms. The van der Waals surface area contributed by atoms with E-state index in [1.54, 1.807) is 7.11 Å². The lowest BCUT2D eigenvalue weighted by Crippen LogP contribution is -2.37. The van der Waals surface area contributed by atoms with Crippen molar-refractivity contribution in [3.8, 4) is 16.9 Å². The molecule has 1 amide bonds. The summed E-state index contributed by atoms with van der Waals surface area (Å²) in [7, 11) is 3.95. The van der Waals surface area contributed by atoms with Crippen LogP contribution in [0.1, 0.15) is 40.7 Å². The molecule has 3 aromatic carbocycles. The first kappa shape index (κ1) is 23.1. The summed E-state index contributed by atoms with van der Waals surface area (Å²) in [5.74, 6) is 0.948. The molecule has 172 valence electrons. The molecular weight excluding hydrogens is 408 g/mol. The molecule has 3 aromatic rings. The summed E-state index contributed by atoms with van der Waals surface area (Å²) in [4.78, 5) is 15.0. The molecule has 4 heteroatoms. The molecule has 0 fully saturated rings. The zero-order chi connectivity index (χ0) is 23.0. The van der Waals surface area contributed by atoms with Crippen molar-refractivity contribution in [2.75, 3.05) is 27.2 Å². The molecule has 0 aromatic heterocycles. The van der Waals surface area contributed by atoms with Crippen LogP contribution in [-0.4, -0.2) is 44.1 Å². The first-order chi connectivity index (χ1) is 16.1. The Hall–Kier alpha value is -3.11. The van der Waals surface area contributed by atoms with Crippen molar-refractivity contribution in [3.05, 3.63) is 89.5 Å². The second-order valence-corrected chi connectivity index (χ2v) is 8.92. The number of amides is 1. The van der Waals surface area contributed by atoms with E-state index in [1.165, 1.54) is 17.5 Å². The molecule has 4 nitrogen and oxygen atoms in total. The van der Waals surface area contributed by atoms with Crippen LogP contribution in [0.4, 0.5) is 0 Å². The predicted octanol–water partition coefficient (Wildman–Crippen LogP) is 5.36. The molecule has 4 rings (SSSR count). The third-order valence-electron chi connectivity index (χ3n) is 6.72. The molecule has 1 atom stereocenters. The third-order valence-corrected chi connectivity index (χ3v) is 6.72. The summed E-state index contributed by atoms with van der Waals surface area (Å²) in [6.07, 6.45) is 5.47. The van der Waals surface area contributed by atoms with Gasteiger partial charge in [0, 0.05) is 18.2 Å². The largest absolute Gasteiger partial charge is 0.497 e.